The molecule has 1 aromatic rings. The van der Waals surface area contributed by atoms with E-state index in [9.17, 15) is 17.6 Å². The average Bonchev–Trinajstić information content (AvgIpc) is 2.45. The second kappa shape index (κ2) is 8.20. The Morgan fingerprint density at radius 1 is 1.05 bits per heavy atom. The highest BCUT2D eigenvalue weighted by Crippen LogP contribution is 2.31. The van der Waals surface area contributed by atoms with Crippen LogP contribution in [0.15, 0.2) is 30.8 Å². The lowest BCUT2D eigenvalue weighted by Gasteiger charge is -2.13. The topological polar surface area (TPSA) is 0 Å². The molecule has 0 aliphatic rings. The number of unbranched alkanes of at least 4 members (excludes halogenated alkanes) is 4. The van der Waals surface area contributed by atoms with E-state index < -0.39 is 17.9 Å². The van der Waals surface area contributed by atoms with Crippen LogP contribution in [-0.4, -0.2) is 6.17 Å². The first-order valence-electron chi connectivity index (χ1n) is 7.36. The third-order valence-corrected chi connectivity index (χ3v) is 3.52. The minimum Gasteiger partial charge on any atom is -0.242 e. The third-order valence-electron chi connectivity index (χ3n) is 3.52. The summed E-state index contributed by atoms with van der Waals surface area (Å²) in [4.78, 5) is 0. The Balaban J connectivity index is 2.50. The molecule has 0 fully saturated rings. The molecule has 0 spiro atoms. The van der Waals surface area contributed by atoms with E-state index in [4.69, 9.17) is 0 Å². The average molecular weight is 302 g/mol. The molecule has 1 unspecified atom stereocenters. The van der Waals surface area contributed by atoms with Crippen LogP contribution >= 0.6 is 0 Å². The van der Waals surface area contributed by atoms with Crippen molar-refractivity contribution in [3.8, 4) is 0 Å². The van der Waals surface area contributed by atoms with Crippen molar-refractivity contribution < 1.29 is 17.6 Å². The molecule has 118 valence electrons. The molecule has 0 radical (unpaired) electrons. The summed E-state index contributed by atoms with van der Waals surface area (Å²) in [5, 5.41) is 0. The van der Waals surface area contributed by atoms with E-state index in [0.29, 0.717) is 12.0 Å². The lowest BCUT2D eigenvalue weighted by molar-refractivity contribution is -0.137. The maximum atomic E-state index is 14.0. The van der Waals surface area contributed by atoms with Gasteiger partial charge in [0.2, 0.25) is 0 Å². The van der Waals surface area contributed by atoms with Crippen molar-refractivity contribution in [2.24, 2.45) is 0 Å². The van der Waals surface area contributed by atoms with Gasteiger partial charge in [0.25, 0.3) is 0 Å². The van der Waals surface area contributed by atoms with Crippen molar-refractivity contribution in [2.45, 2.75) is 57.8 Å². The minimum absolute atomic E-state index is 0.263. The summed E-state index contributed by atoms with van der Waals surface area (Å²) in [6.07, 6.45) is -0.0412. The van der Waals surface area contributed by atoms with Gasteiger partial charge in [-0.15, -0.1) is 0 Å². The van der Waals surface area contributed by atoms with Crippen LogP contribution in [0, 0.1) is 0 Å². The summed E-state index contributed by atoms with van der Waals surface area (Å²) in [7, 11) is 0. The van der Waals surface area contributed by atoms with Crippen molar-refractivity contribution in [1.82, 2.24) is 0 Å². The predicted molar refractivity (Wildman–Crippen MR) is 78.8 cm³/mol. The molecule has 0 bridgehead atoms. The van der Waals surface area contributed by atoms with Gasteiger partial charge in [-0.05, 0) is 29.7 Å². The number of allylic oxidation sites excluding steroid dienone is 1. The zero-order chi connectivity index (χ0) is 15.9. The molecule has 21 heavy (non-hydrogen) atoms. The first kappa shape index (κ1) is 17.7. The first-order valence-corrected chi connectivity index (χ1v) is 7.36. The summed E-state index contributed by atoms with van der Waals surface area (Å²) < 4.78 is 51.4. The molecule has 0 N–H and O–H groups in total. The van der Waals surface area contributed by atoms with E-state index in [-0.39, 0.29) is 5.57 Å². The maximum absolute atomic E-state index is 14.0. The van der Waals surface area contributed by atoms with Gasteiger partial charge in [0.1, 0.15) is 6.17 Å². The summed E-state index contributed by atoms with van der Waals surface area (Å²) in [5.74, 6) is 0. The second-order valence-corrected chi connectivity index (χ2v) is 5.27. The highest BCUT2D eigenvalue weighted by molar-refractivity contribution is 5.66. The Morgan fingerprint density at radius 2 is 1.62 bits per heavy atom. The van der Waals surface area contributed by atoms with Gasteiger partial charge in [-0.1, -0.05) is 57.7 Å². The van der Waals surface area contributed by atoms with E-state index in [1.54, 1.807) is 0 Å². The first-order chi connectivity index (χ1) is 9.86. The molecule has 0 amide bonds. The van der Waals surface area contributed by atoms with Crippen molar-refractivity contribution in [3.63, 3.8) is 0 Å². The fraction of sp³-hybridized carbons (Fsp3) is 0.529. The van der Waals surface area contributed by atoms with E-state index in [0.717, 1.165) is 44.2 Å². The van der Waals surface area contributed by atoms with Crippen molar-refractivity contribution in [1.29, 1.82) is 0 Å². The number of hydrogen-bond donors (Lipinski definition) is 0. The monoisotopic (exact) mass is 302 g/mol. The van der Waals surface area contributed by atoms with Gasteiger partial charge in [-0.25, -0.2) is 4.39 Å². The normalized spacial score (nSPS) is 13.2. The number of halogens is 4. The molecule has 0 nitrogen and oxygen atoms in total. The van der Waals surface area contributed by atoms with Gasteiger partial charge in [-0.3, -0.25) is 0 Å². The molecule has 1 atom stereocenters. The molecule has 1 rings (SSSR count). The zero-order valence-corrected chi connectivity index (χ0v) is 12.3. The van der Waals surface area contributed by atoms with Crippen LogP contribution in [-0.2, 0) is 6.18 Å². The molecule has 0 saturated heterocycles. The van der Waals surface area contributed by atoms with Gasteiger partial charge in [0, 0.05) is 0 Å². The van der Waals surface area contributed by atoms with E-state index in [1.807, 2.05) is 0 Å². The Bertz CT molecular complexity index is 431. The van der Waals surface area contributed by atoms with Crippen LogP contribution in [0.5, 0.6) is 0 Å². The maximum Gasteiger partial charge on any atom is 0.416 e. The van der Waals surface area contributed by atoms with Crippen LogP contribution < -0.4 is 0 Å². The number of rotatable bonds is 8. The van der Waals surface area contributed by atoms with Crippen LogP contribution in [0.2, 0.25) is 0 Å². The molecule has 4 heteroatoms. The zero-order valence-electron chi connectivity index (χ0n) is 12.3. The molecule has 0 saturated carbocycles. The van der Waals surface area contributed by atoms with Crippen LogP contribution in [0.4, 0.5) is 17.6 Å². The molecule has 0 aliphatic carbocycles. The van der Waals surface area contributed by atoms with Gasteiger partial charge < -0.3 is 0 Å². The van der Waals surface area contributed by atoms with Crippen LogP contribution in [0.1, 0.15) is 56.6 Å². The smallest absolute Gasteiger partial charge is 0.242 e. The summed E-state index contributed by atoms with van der Waals surface area (Å²) in [6.45, 7) is 5.79. The Kier molecular flexibility index (Phi) is 6.93. The molecule has 0 heterocycles. The van der Waals surface area contributed by atoms with Gasteiger partial charge >= 0.3 is 6.18 Å². The van der Waals surface area contributed by atoms with Crippen molar-refractivity contribution in [3.05, 3.63) is 42.0 Å². The Morgan fingerprint density at radius 3 is 2.14 bits per heavy atom. The highest BCUT2D eigenvalue weighted by Gasteiger charge is 2.30. The SMILES string of the molecule is C=C(c1ccc(C(F)(F)F)cc1)C(F)CCCCCCC. The lowest BCUT2D eigenvalue weighted by Crippen LogP contribution is -2.06. The predicted octanol–water partition coefficient (Wildman–Crippen LogP) is 6.42. The fourth-order valence-electron chi connectivity index (χ4n) is 2.16. The quantitative estimate of drug-likeness (QED) is 0.384. The molecular formula is C17H22F4. The van der Waals surface area contributed by atoms with Crippen LogP contribution in [0.3, 0.4) is 0 Å². The highest BCUT2D eigenvalue weighted by atomic mass is 19.4. The van der Waals surface area contributed by atoms with Crippen molar-refractivity contribution in [2.75, 3.05) is 0 Å². The molecular weight excluding hydrogens is 280 g/mol. The number of hydrogen-bond acceptors (Lipinski definition) is 0. The molecule has 1 aromatic carbocycles. The third kappa shape index (κ3) is 5.90. The van der Waals surface area contributed by atoms with Gasteiger partial charge in [0.05, 0.1) is 5.56 Å². The van der Waals surface area contributed by atoms with Crippen molar-refractivity contribution >= 4 is 5.57 Å². The largest absolute Gasteiger partial charge is 0.416 e. The van der Waals surface area contributed by atoms with E-state index in [1.165, 1.54) is 12.1 Å². The summed E-state index contributed by atoms with van der Waals surface area (Å²) in [5.41, 5.74) is -0.0303. The van der Waals surface area contributed by atoms with Gasteiger partial charge in [-0.2, -0.15) is 13.2 Å². The molecule has 0 aromatic heterocycles. The Hall–Kier alpha value is -1.32. The number of alkyl halides is 4. The summed E-state index contributed by atoms with van der Waals surface area (Å²) >= 11 is 0. The number of benzene rings is 1. The fourth-order valence-corrected chi connectivity index (χ4v) is 2.16. The Labute approximate surface area is 123 Å². The van der Waals surface area contributed by atoms with Crippen LogP contribution in [0.25, 0.3) is 5.57 Å². The standard InChI is InChI=1S/C17H22F4/c1-3-4-5-6-7-8-16(18)13(2)14-9-11-15(12-10-14)17(19,20)21/h9-12,16H,2-8H2,1H3. The van der Waals surface area contributed by atoms with E-state index >= 15 is 0 Å². The second-order valence-electron chi connectivity index (χ2n) is 5.27. The lowest BCUT2D eigenvalue weighted by atomic mass is 9.97. The summed E-state index contributed by atoms with van der Waals surface area (Å²) in [6, 6.07) is 4.51. The molecule has 0 aliphatic heterocycles. The minimum atomic E-state index is -4.37. The van der Waals surface area contributed by atoms with E-state index in [2.05, 4.69) is 13.5 Å². The van der Waals surface area contributed by atoms with Gasteiger partial charge in [0.15, 0.2) is 0 Å².